The number of amides is 1. The lowest BCUT2D eigenvalue weighted by atomic mass is 10.1. The van der Waals surface area contributed by atoms with E-state index in [-0.39, 0.29) is 16.0 Å². The Kier molecular flexibility index (Phi) is 4.27. The number of carbonyl (C=O) groups excluding carboxylic acids is 1. The van der Waals surface area contributed by atoms with Crippen molar-refractivity contribution in [3.63, 3.8) is 0 Å². The van der Waals surface area contributed by atoms with E-state index in [1.807, 2.05) is 6.92 Å². The van der Waals surface area contributed by atoms with Gasteiger partial charge in [0.2, 0.25) is 0 Å². The lowest BCUT2D eigenvalue weighted by molar-refractivity contribution is -0.385. The van der Waals surface area contributed by atoms with Crippen molar-refractivity contribution < 1.29 is 14.1 Å². The Labute approximate surface area is 120 Å². The molecule has 1 unspecified atom stereocenters. The first-order valence-corrected chi connectivity index (χ1v) is 7.26. The molecule has 20 heavy (non-hydrogen) atoms. The number of hydrogen-bond acceptors (Lipinski definition) is 4. The number of nitro benzene ring substituents is 1. The lowest BCUT2D eigenvalue weighted by Gasteiger charge is -2.22. The zero-order valence-corrected chi connectivity index (χ0v) is 11.8. The van der Waals surface area contributed by atoms with Gasteiger partial charge in [-0.2, -0.15) is 11.8 Å². The highest BCUT2D eigenvalue weighted by Gasteiger charge is 2.30. The van der Waals surface area contributed by atoms with Crippen LogP contribution in [0.25, 0.3) is 0 Å². The molecule has 0 saturated carbocycles. The van der Waals surface area contributed by atoms with E-state index in [1.54, 1.807) is 11.8 Å². The maximum Gasteiger partial charge on any atom is 0.282 e. The molecule has 5 nitrogen and oxygen atoms in total. The van der Waals surface area contributed by atoms with Gasteiger partial charge >= 0.3 is 0 Å². The van der Waals surface area contributed by atoms with Crippen molar-refractivity contribution in [3.8, 4) is 0 Å². The third kappa shape index (κ3) is 3.27. The Balaban J connectivity index is 2.12. The van der Waals surface area contributed by atoms with Gasteiger partial charge in [-0.1, -0.05) is 0 Å². The number of benzene rings is 1. The number of hydrogen-bond donors (Lipinski definition) is 1. The third-order valence-electron chi connectivity index (χ3n) is 3.32. The molecule has 1 saturated heterocycles. The Bertz CT molecular complexity index is 544. The molecule has 1 aromatic carbocycles. The van der Waals surface area contributed by atoms with Crippen LogP contribution in [0.1, 0.15) is 30.1 Å². The molecule has 1 heterocycles. The van der Waals surface area contributed by atoms with E-state index in [0.717, 1.165) is 36.8 Å². The maximum absolute atomic E-state index is 13.2. The first-order valence-electron chi connectivity index (χ1n) is 6.27. The number of nitrogens with one attached hydrogen (secondary N) is 1. The lowest BCUT2D eigenvalue weighted by Crippen LogP contribution is -2.37. The average Bonchev–Trinajstić information content (AvgIpc) is 2.83. The number of thioether (sulfide) groups is 1. The summed E-state index contributed by atoms with van der Waals surface area (Å²) in [6, 6.07) is 2.89. The van der Waals surface area contributed by atoms with Crippen LogP contribution in [-0.2, 0) is 0 Å². The maximum atomic E-state index is 13.2. The summed E-state index contributed by atoms with van der Waals surface area (Å²) in [4.78, 5) is 22.2. The number of halogens is 1. The van der Waals surface area contributed by atoms with Crippen LogP contribution in [0.5, 0.6) is 0 Å². The number of nitro groups is 1. The van der Waals surface area contributed by atoms with Crippen LogP contribution in [0.3, 0.4) is 0 Å². The van der Waals surface area contributed by atoms with Crippen LogP contribution < -0.4 is 5.32 Å². The standard InChI is InChI=1S/C13H15FN2O3S/c1-13(5-2-6-20-13)8-15-12(17)10-7-9(14)3-4-11(10)16(18)19/h3-4,7H,2,5-6,8H2,1H3,(H,15,17). The molecule has 0 spiro atoms. The van der Waals surface area contributed by atoms with Crippen molar-refractivity contribution in [1.82, 2.24) is 5.32 Å². The number of rotatable bonds is 4. The molecule has 0 aromatic heterocycles. The van der Waals surface area contributed by atoms with Gasteiger partial charge in [0.25, 0.3) is 11.6 Å². The molecule has 0 bridgehead atoms. The molecule has 1 aliphatic rings. The van der Waals surface area contributed by atoms with E-state index in [9.17, 15) is 19.3 Å². The molecule has 1 aliphatic heterocycles. The summed E-state index contributed by atoms with van der Waals surface area (Å²) in [6.07, 6.45) is 2.08. The molecule has 1 N–H and O–H groups in total. The number of carbonyl (C=O) groups is 1. The van der Waals surface area contributed by atoms with Gasteiger partial charge < -0.3 is 5.32 Å². The summed E-state index contributed by atoms with van der Waals surface area (Å²) >= 11 is 1.77. The quantitative estimate of drug-likeness (QED) is 0.685. The second kappa shape index (κ2) is 5.78. The molecule has 2 rings (SSSR count). The zero-order chi connectivity index (χ0) is 14.8. The fourth-order valence-corrected chi connectivity index (χ4v) is 3.43. The van der Waals surface area contributed by atoms with Gasteiger partial charge in [-0.15, -0.1) is 0 Å². The summed E-state index contributed by atoms with van der Waals surface area (Å²) < 4.78 is 13.1. The van der Waals surface area contributed by atoms with Gasteiger partial charge in [0.1, 0.15) is 11.4 Å². The fraction of sp³-hybridized carbons (Fsp3) is 0.462. The van der Waals surface area contributed by atoms with Crippen molar-refractivity contribution in [1.29, 1.82) is 0 Å². The average molecular weight is 298 g/mol. The smallest absolute Gasteiger partial charge is 0.282 e. The molecule has 108 valence electrons. The van der Waals surface area contributed by atoms with Crippen LogP contribution in [0.2, 0.25) is 0 Å². The zero-order valence-electron chi connectivity index (χ0n) is 11.0. The summed E-state index contributed by atoms with van der Waals surface area (Å²) in [7, 11) is 0. The van der Waals surface area contributed by atoms with Crippen molar-refractivity contribution >= 4 is 23.4 Å². The van der Waals surface area contributed by atoms with Gasteiger partial charge in [-0.25, -0.2) is 4.39 Å². The summed E-state index contributed by atoms with van der Waals surface area (Å²) in [5.41, 5.74) is -0.616. The Morgan fingerprint density at radius 3 is 2.95 bits per heavy atom. The largest absolute Gasteiger partial charge is 0.350 e. The monoisotopic (exact) mass is 298 g/mol. The molecule has 1 amide bonds. The van der Waals surface area contributed by atoms with E-state index in [2.05, 4.69) is 5.32 Å². The fourth-order valence-electron chi connectivity index (χ4n) is 2.19. The Hall–Kier alpha value is -1.63. The minimum absolute atomic E-state index is 0.0439. The third-order valence-corrected chi connectivity index (χ3v) is 4.86. The number of nitrogens with zero attached hydrogens (tertiary/aromatic N) is 1. The van der Waals surface area contributed by atoms with E-state index < -0.39 is 16.6 Å². The molecule has 1 aromatic rings. The van der Waals surface area contributed by atoms with Crippen molar-refractivity contribution in [2.45, 2.75) is 24.5 Å². The predicted octanol–water partition coefficient (Wildman–Crippen LogP) is 2.75. The molecular formula is C13H15FN2O3S. The Morgan fingerprint density at radius 2 is 2.35 bits per heavy atom. The van der Waals surface area contributed by atoms with Crippen molar-refractivity contribution in [3.05, 3.63) is 39.7 Å². The van der Waals surface area contributed by atoms with Crippen LogP contribution in [0.15, 0.2) is 18.2 Å². The first-order chi connectivity index (χ1) is 9.41. The van der Waals surface area contributed by atoms with Crippen molar-refractivity contribution in [2.24, 2.45) is 0 Å². The second-order valence-corrected chi connectivity index (χ2v) is 6.69. The second-order valence-electron chi connectivity index (χ2n) is 5.00. The molecule has 0 radical (unpaired) electrons. The Morgan fingerprint density at radius 1 is 1.60 bits per heavy atom. The van der Waals surface area contributed by atoms with Gasteiger partial charge in [0, 0.05) is 17.4 Å². The first kappa shape index (κ1) is 14.8. The highest BCUT2D eigenvalue weighted by Crippen LogP contribution is 2.37. The summed E-state index contributed by atoms with van der Waals surface area (Å²) in [6.45, 7) is 2.47. The molecular weight excluding hydrogens is 283 g/mol. The predicted molar refractivity (Wildman–Crippen MR) is 75.5 cm³/mol. The van der Waals surface area contributed by atoms with E-state index in [4.69, 9.17) is 0 Å². The van der Waals surface area contributed by atoms with E-state index >= 15 is 0 Å². The molecule has 1 fully saturated rings. The van der Waals surface area contributed by atoms with Crippen LogP contribution in [0.4, 0.5) is 10.1 Å². The van der Waals surface area contributed by atoms with Crippen molar-refractivity contribution in [2.75, 3.05) is 12.3 Å². The molecule has 1 atom stereocenters. The topological polar surface area (TPSA) is 72.2 Å². The van der Waals surface area contributed by atoms with Gasteiger partial charge in [-0.05, 0) is 37.7 Å². The van der Waals surface area contributed by atoms with E-state index in [0.29, 0.717) is 6.54 Å². The summed E-state index contributed by atoms with van der Waals surface area (Å²) in [5, 5.41) is 13.5. The van der Waals surface area contributed by atoms with Crippen LogP contribution in [-0.4, -0.2) is 27.9 Å². The van der Waals surface area contributed by atoms with Crippen LogP contribution >= 0.6 is 11.8 Å². The minimum atomic E-state index is -0.680. The molecule has 7 heteroatoms. The normalized spacial score (nSPS) is 21.7. The van der Waals surface area contributed by atoms with Gasteiger partial charge in [-0.3, -0.25) is 14.9 Å². The highest BCUT2D eigenvalue weighted by atomic mass is 32.2. The minimum Gasteiger partial charge on any atom is -0.350 e. The van der Waals surface area contributed by atoms with Gasteiger partial charge in [0.05, 0.1) is 4.92 Å². The van der Waals surface area contributed by atoms with Gasteiger partial charge in [0.15, 0.2) is 0 Å². The van der Waals surface area contributed by atoms with E-state index in [1.165, 1.54) is 0 Å². The highest BCUT2D eigenvalue weighted by molar-refractivity contribution is 8.00. The SMILES string of the molecule is CC1(CNC(=O)c2cc(F)ccc2[N+](=O)[O-])CCCS1. The van der Waals surface area contributed by atoms with Crippen LogP contribution in [0, 0.1) is 15.9 Å². The summed E-state index contributed by atoms with van der Waals surface area (Å²) in [5.74, 6) is -0.223. The molecule has 0 aliphatic carbocycles.